The molecular weight excluding hydrogens is 458 g/mol. The second kappa shape index (κ2) is 8.20. The van der Waals surface area contributed by atoms with Crippen LogP contribution in [-0.2, 0) is 6.54 Å². The number of aromatic nitrogens is 5. The van der Waals surface area contributed by atoms with Crippen molar-refractivity contribution in [2.24, 2.45) is 0 Å². The third-order valence-corrected chi connectivity index (χ3v) is 4.67. The summed E-state index contributed by atoms with van der Waals surface area (Å²) in [4.78, 5) is 8.21. The molecule has 160 valence electrons. The Kier molecular flexibility index (Phi) is 5.59. The number of pyridine rings is 1. The van der Waals surface area contributed by atoms with Crippen LogP contribution in [0.2, 0.25) is 10.2 Å². The van der Waals surface area contributed by atoms with E-state index < -0.39 is 12.1 Å². The van der Waals surface area contributed by atoms with Crippen LogP contribution in [0.25, 0.3) is 23.0 Å². The lowest BCUT2D eigenvalue weighted by Crippen LogP contribution is -2.17. The average molecular weight is 470 g/mol. The first-order valence-corrected chi connectivity index (χ1v) is 9.48. The first-order valence-electron chi connectivity index (χ1n) is 8.72. The fraction of sp³-hybridized carbons (Fsp3) is 0.158. The Morgan fingerprint density at radius 2 is 1.94 bits per heavy atom. The third-order valence-electron chi connectivity index (χ3n) is 4.17. The topological polar surface area (TPSA) is 78.9 Å². The Bertz CT molecular complexity index is 1240. The predicted octanol–water partition coefficient (Wildman–Crippen LogP) is 5.56. The van der Waals surface area contributed by atoms with Crippen LogP contribution in [0.5, 0.6) is 5.75 Å². The first-order chi connectivity index (χ1) is 14.7. The number of rotatable bonds is 5. The summed E-state index contributed by atoms with van der Waals surface area (Å²) in [5, 5.41) is 8.47. The van der Waals surface area contributed by atoms with E-state index in [2.05, 4.69) is 25.0 Å². The molecule has 0 radical (unpaired) electrons. The zero-order chi connectivity index (χ0) is 22.2. The molecule has 4 rings (SSSR count). The van der Waals surface area contributed by atoms with Gasteiger partial charge < -0.3 is 9.26 Å². The van der Waals surface area contributed by atoms with Gasteiger partial charge in [-0.2, -0.15) is 10.1 Å². The third kappa shape index (κ3) is 4.97. The highest BCUT2D eigenvalue weighted by Gasteiger charge is 2.32. The number of ether oxygens (including phenoxy) is 1. The Morgan fingerprint density at radius 1 is 1.13 bits per heavy atom. The zero-order valence-electron chi connectivity index (χ0n) is 15.7. The number of aryl methyl sites for hydroxylation is 1. The molecule has 31 heavy (non-hydrogen) atoms. The molecule has 0 amide bonds. The van der Waals surface area contributed by atoms with Gasteiger partial charge in [0, 0.05) is 17.5 Å². The van der Waals surface area contributed by atoms with Crippen molar-refractivity contribution in [2.45, 2.75) is 19.8 Å². The maximum absolute atomic E-state index is 12.4. The van der Waals surface area contributed by atoms with Gasteiger partial charge in [0.1, 0.15) is 10.9 Å². The molecule has 3 heterocycles. The lowest BCUT2D eigenvalue weighted by atomic mass is 10.2. The zero-order valence-corrected chi connectivity index (χ0v) is 17.2. The lowest BCUT2D eigenvalue weighted by molar-refractivity contribution is -0.274. The van der Waals surface area contributed by atoms with E-state index in [0.29, 0.717) is 23.0 Å². The minimum absolute atomic E-state index is 0.142. The Hall–Kier alpha value is -3.11. The number of halogens is 5. The Labute approximate surface area is 183 Å². The van der Waals surface area contributed by atoms with Gasteiger partial charge in [0.05, 0.1) is 11.6 Å². The summed E-state index contributed by atoms with van der Waals surface area (Å²) in [5.74, 6) is -0.229. The normalized spacial score (nSPS) is 11.7. The summed E-state index contributed by atoms with van der Waals surface area (Å²) in [7, 11) is 0. The second-order valence-electron chi connectivity index (χ2n) is 6.43. The van der Waals surface area contributed by atoms with Gasteiger partial charge >= 0.3 is 6.36 Å². The van der Waals surface area contributed by atoms with Crippen molar-refractivity contribution in [1.82, 2.24) is 24.9 Å². The van der Waals surface area contributed by atoms with E-state index in [0.717, 1.165) is 17.3 Å². The van der Waals surface area contributed by atoms with E-state index in [1.54, 1.807) is 23.0 Å². The van der Waals surface area contributed by atoms with Gasteiger partial charge in [0.15, 0.2) is 5.69 Å². The molecule has 0 spiro atoms. The molecular formula is C19H12Cl2F3N5O2. The van der Waals surface area contributed by atoms with Crippen molar-refractivity contribution in [3.63, 3.8) is 0 Å². The number of nitrogens with zero attached hydrogens (tertiary/aromatic N) is 5. The molecule has 0 unspecified atom stereocenters. The first kappa shape index (κ1) is 21.1. The van der Waals surface area contributed by atoms with Gasteiger partial charge in [-0.25, -0.2) is 4.98 Å². The van der Waals surface area contributed by atoms with Gasteiger partial charge in [-0.05, 0) is 48.9 Å². The van der Waals surface area contributed by atoms with E-state index in [1.165, 1.54) is 12.1 Å². The molecule has 1 aromatic carbocycles. The molecule has 0 aliphatic carbocycles. The fourth-order valence-electron chi connectivity index (χ4n) is 2.78. The van der Waals surface area contributed by atoms with Crippen LogP contribution in [-0.4, -0.2) is 31.3 Å². The summed E-state index contributed by atoms with van der Waals surface area (Å²) in [6.45, 7) is 2.33. The van der Waals surface area contributed by atoms with Crippen LogP contribution in [0, 0.1) is 6.92 Å². The highest BCUT2D eigenvalue weighted by Crippen LogP contribution is 2.33. The molecule has 3 aromatic heterocycles. The van der Waals surface area contributed by atoms with Crippen LogP contribution in [0.3, 0.4) is 0 Å². The summed E-state index contributed by atoms with van der Waals surface area (Å²) < 4.78 is 48.0. The summed E-state index contributed by atoms with van der Waals surface area (Å²) in [5.41, 5.74) is 2.57. The van der Waals surface area contributed by atoms with Crippen LogP contribution in [0.4, 0.5) is 13.2 Å². The minimum Gasteiger partial charge on any atom is -0.404 e. The van der Waals surface area contributed by atoms with Crippen LogP contribution in [0.1, 0.15) is 11.3 Å². The quantitative estimate of drug-likeness (QED) is 0.356. The monoisotopic (exact) mass is 469 g/mol. The molecule has 0 saturated heterocycles. The smallest absolute Gasteiger partial charge is 0.404 e. The number of hydrogen-bond acceptors (Lipinski definition) is 6. The van der Waals surface area contributed by atoms with E-state index >= 15 is 0 Å². The predicted molar refractivity (Wildman–Crippen MR) is 106 cm³/mol. The highest BCUT2D eigenvalue weighted by molar-refractivity contribution is 6.32. The Morgan fingerprint density at radius 3 is 2.65 bits per heavy atom. The summed E-state index contributed by atoms with van der Waals surface area (Å²) >= 11 is 11.8. The summed E-state index contributed by atoms with van der Waals surface area (Å²) in [6, 6.07) is 9.02. The molecule has 0 fully saturated rings. The van der Waals surface area contributed by atoms with Crippen molar-refractivity contribution in [3.05, 3.63) is 64.0 Å². The van der Waals surface area contributed by atoms with E-state index in [1.807, 2.05) is 13.0 Å². The molecule has 0 N–H and O–H groups in total. The largest absolute Gasteiger partial charge is 0.573 e. The second-order valence-corrected chi connectivity index (χ2v) is 7.23. The maximum atomic E-state index is 12.4. The SMILES string of the molecule is Cc1cc(-c2nc(-c3ccc(OC(F)(F)F)c(Cl)c3)no2)nn1Cc1ccnc(Cl)c1. The molecule has 7 nitrogen and oxygen atoms in total. The fourth-order valence-corrected chi connectivity index (χ4v) is 3.20. The van der Waals surface area contributed by atoms with Gasteiger partial charge in [-0.1, -0.05) is 28.4 Å². The van der Waals surface area contributed by atoms with Crippen LogP contribution >= 0.6 is 23.2 Å². The molecule has 0 saturated carbocycles. The van der Waals surface area contributed by atoms with Gasteiger partial charge in [0.25, 0.3) is 5.89 Å². The lowest BCUT2D eigenvalue weighted by Gasteiger charge is -2.10. The van der Waals surface area contributed by atoms with E-state index in [9.17, 15) is 13.2 Å². The van der Waals surface area contributed by atoms with Crippen LogP contribution in [0.15, 0.2) is 47.1 Å². The van der Waals surface area contributed by atoms with Crippen molar-refractivity contribution in [1.29, 1.82) is 0 Å². The Balaban J connectivity index is 1.56. The van der Waals surface area contributed by atoms with Crippen LogP contribution < -0.4 is 4.74 Å². The molecule has 4 aromatic rings. The van der Waals surface area contributed by atoms with Crippen molar-refractivity contribution in [2.75, 3.05) is 0 Å². The molecule has 0 atom stereocenters. The van der Waals surface area contributed by atoms with E-state index in [4.69, 9.17) is 27.7 Å². The van der Waals surface area contributed by atoms with E-state index in [-0.39, 0.29) is 16.7 Å². The van der Waals surface area contributed by atoms with Crippen molar-refractivity contribution in [3.8, 4) is 28.7 Å². The standard InChI is InChI=1S/C19H12Cl2F3N5O2/c1-10-6-14(27-29(10)9-11-4-5-25-16(21)7-11)18-26-17(28-31-18)12-2-3-15(13(20)8-12)30-19(22,23)24/h2-8H,9H2,1H3. The number of alkyl halides is 3. The molecule has 0 bridgehead atoms. The van der Waals surface area contributed by atoms with Gasteiger partial charge in [-0.3, -0.25) is 4.68 Å². The molecule has 0 aliphatic rings. The molecule has 12 heteroatoms. The molecule has 0 aliphatic heterocycles. The van der Waals surface area contributed by atoms with Crippen molar-refractivity contribution >= 4 is 23.2 Å². The summed E-state index contributed by atoms with van der Waals surface area (Å²) in [6.07, 6.45) is -3.24. The minimum atomic E-state index is -4.84. The highest BCUT2D eigenvalue weighted by atomic mass is 35.5. The maximum Gasteiger partial charge on any atom is 0.573 e. The van der Waals surface area contributed by atoms with Gasteiger partial charge in [-0.15, -0.1) is 13.2 Å². The van der Waals surface area contributed by atoms with Gasteiger partial charge in [0.2, 0.25) is 5.82 Å². The van der Waals surface area contributed by atoms with Crippen molar-refractivity contribution < 1.29 is 22.4 Å². The number of benzene rings is 1. The number of hydrogen-bond donors (Lipinski definition) is 0. The average Bonchev–Trinajstić information content (AvgIpc) is 3.30.